The van der Waals surface area contributed by atoms with Crippen LogP contribution in [0.1, 0.15) is 33.4 Å². The van der Waals surface area contributed by atoms with Crippen molar-refractivity contribution in [2.24, 2.45) is 9.98 Å². The van der Waals surface area contributed by atoms with Crippen LogP contribution in [-0.4, -0.2) is 11.4 Å². The monoisotopic (exact) mass is 416 g/mol. The average Bonchev–Trinajstić information content (AvgIpc) is 2.81. The number of aryl methyl sites for hydroxylation is 4. The Morgan fingerprint density at radius 1 is 0.406 bits per heavy atom. The third-order valence-electron chi connectivity index (χ3n) is 5.64. The smallest absolute Gasteiger partial charge is 0.0972 e. The quantitative estimate of drug-likeness (QED) is 0.296. The van der Waals surface area contributed by atoms with Gasteiger partial charge < -0.3 is 0 Å². The van der Waals surface area contributed by atoms with E-state index in [1.165, 1.54) is 0 Å². The van der Waals surface area contributed by atoms with E-state index in [2.05, 4.69) is 113 Å². The zero-order valence-electron chi connectivity index (χ0n) is 19.1. The summed E-state index contributed by atoms with van der Waals surface area (Å²) in [5.41, 5.74) is 10.4. The summed E-state index contributed by atoms with van der Waals surface area (Å²) in [5, 5.41) is 0. The molecule has 0 aliphatic carbocycles. The number of benzene rings is 4. The fourth-order valence-corrected chi connectivity index (χ4v) is 3.89. The highest BCUT2D eigenvalue weighted by molar-refractivity contribution is 6.54. The molecule has 0 heterocycles. The van der Waals surface area contributed by atoms with Crippen molar-refractivity contribution in [2.45, 2.75) is 27.7 Å². The highest BCUT2D eigenvalue weighted by Crippen LogP contribution is 2.28. The number of hydrogen-bond acceptors (Lipinski definition) is 2. The van der Waals surface area contributed by atoms with Crippen molar-refractivity contribution in [3.63, 3.8) is 0 Å². The second-order valence-corrected chi connectivity index (χ2v) is 8.13. The van der Waals surface area contributed by atoms with E-state index >= 15 is 0 Å². The normalized spacial score (nSPS) is 12.1. The van der Waals surface area contributed by atoms with Crippen LogP contribution in [0.5, 0.6) is 0 Å². The van der Waals surface area contributed by atoms with Crippen LogP contribution < -0.4 is 0 Å². The van der Waals surface area contributed by atoms with E-state index in [0.29, 0.717) is 0 Å². The Morgan fingerprint density at radius 2 is 0.719 bits per heavy atom. The summed E-state index contributed by atoms with van der Waals surface area (Å²) >= 11 is 0. The maximum atomic E-state index is 5.25. The summed E-state index contributed by atoms with van der Waals surface area (Å²) in [4.78, 5) is 10.5. The lowest BCUT2D eigenvalue weighted by Gasteiger charge is -2.15. The number of nitrogens with zero attached hydrogens (tertiary/aromatic N) is 2. The molecule has 0 aromatic heterocycles. The summed E-state index contributed by atoms with van der Waals surface area (Å²) in [6.45, 7) is 8.44. The summed E-state index contributed by atoms with van der Waals surface area (Å²) in [6, 6.07) is 33.3. The molecule has 0 radical (unpaired) electrons. The Labute approximate surface area is 191 Å². The average molecular weight is 417 g/mol. The van der Waals surface area contributed by atoms with Gasteiger partial charge >= 0.3 is 0 Å². The van der Waals surface area contributed by atoms with Crippen LogP contribution in [0.25, 0.3) is 0 Å². The molecule has 158 valence electrons. The van der Waals surface area contributed by atoms with E-state index in [1.54, 1.807) is 0 Å². The molecular formula is C30H28N2. The van der Waals surface area contributed by atoms with Gasteiger partial charge in [0.25, 0.3) is 0 Å². The second kappa shape index (κ2) is 9.57. The van der Waals surface area contributed by atoms with Gasteiger partial charge in [0.15, 0.2) is 0 Å². The van der Waals surface area contributed by atoms with Crippen molar-refractivity contribution in [3.8, 4) is 0 Å². The first-order valence-electron chi connectivity index (χ1n) is 11.0. The third kappa shape index (κ3) is 4.60. The van der Waals surface area contributed by atoms with Crippen LogP contribution in [0.2, 0.25) is 0 Å². The third-order valence-corrected chi connectivity index (χ3v) is 5.64. The molecule has 32 heavy (non-hydrogen) atoms. The molecule has 0 saturated heterocycles. The molecule has 4 aromatic rings. The van der Waals surface area contributed by atoms with E-state index in [9.17, 15) is 0 Å². The molecule has 0 aliphatic heterocycles. The lowest BCUT2D eigenvalue weighted by Crippen LogP contribution is -2.17. The van der Waals surface area contributed by atoms with Gasteiger partial charge in [-0.15, -0.1) is 0 Å². The maximum absolute atomic E-state index is 5.25. The number of hydrogen-bond donors (Lipinski definition) is 0. The first-order valence-corrected chi connectivity index (χ1v) is 11.0. The standard InChI is InChI=1S/C30H28N2/c1-21-13-11-14-22(2)27(21)31-29(25-17-7-5-8-18-25)30(26-19-9-6-10-20-26)32-28-23(3)15-12-16-24(28)4/h5-20H,1-4H3. The van der Waals surface area contributed by atoms with Gasteiger partial charge in [-0.1, -0.05) is 97.1 Å². The molecule has 0 aliphatic rings. The van der Waals surface area contributed by atoms with Gasteiger partial charge in [0.1, 0.15) is 0 Å². The minimum Gasteiger partial charge on any atom is -0.246 e. The Morgan fingerprint density at radius 3 is 1.03 bits per heavy atom. The summed E-state index contributed by atoms with van der Waals surface area (Å²) in [7, 11) is 0. The molecule has 0 saturated carbocycles. The molecule has 2 heteroatoms. The van der Waals surface area contributed by atoms with E-state index in [4.69, 9.17) is 9.98 Å². The number of para-hydroxylation sites is 2. The molecule has 0 atom stereocenters. The van der Waals surface area contributed by atoms with Crippen LogP contribution in [0.4, 0.5) is 11.4 Å². The first-order chi connectivity index (χ1) is 15.5. The summed E-state index contributed by atoms with van der Waals surface area (Å²) in [6.07, 6.45) is 0. The molecule has 0 bridgehead atoms. The van der Waals surface area contributed by atoms with Crippen LogP contribution in [0, 0.1) is 27.7 Å². The largest absolute Gasteiger partial charge is 0.246 e. The van der Waals surface area contributed by atoms with Crippen molar-refractivity contribution >= 4 is 22.8 Å². The van der Waals surface area contributed by atoms with Crippen LogP contribution in [0.15, 0.2) is 107 Å². The molecule has 4 rings (SSSR count). The number of rotatable bonds is 5. The lowest BCUT2D eigenvalue weighted by atomic mass is 9.98. The van der Waals surface area contributed by atoms with Crippen LogP contribution in [-0.2, 0) is 0 Å². The molecular weight excluding hydrogens is 388 g/mol. The molecule has 0 fully saturated rings. The zero-order chi connectivity index (χ0) is 22.5. The fraction of sp³-hybridized carbons (Fsp3) is 0.133. The Kier molecular flexibility index (Phi) is 6.42. The molecule has 0 N–H and O–H groups in total. The zero-order valence-corrected chi connectivity index (χ0v) is 19.1. The van der Waals surface area contributed by atoms with Crippen molar-refractivity contribution in [1.29, 1.82) is 0 Å². The Hall–Kier alpha value is -3.78. The van der Waals surface area contributed by atoms with Gasteiger partial charge in [-0.05, 0) is 49.9 Å². The Balaban J connectivity index is 2.05. The van der Waals surface area contributed by atoms with Gasteiger partial charge in [0.2, 0.25) is 0 Å². The van der Waals surface area contributed by atoms with Crippen LogP contribution >= 0.6 is 0 Å². The minimum absolute atomic E-state index is 0.872. The van der Waals surface area contributed by atoms with Crippen molar-refractivity contribution in [2.75, 3.05) is 0 Å². The van der Waals surface area contributed by atoms with E-state index in [1.807, 2.05) is 12.1 Å². The SMILES string of the molecule is Cc1cccc(C)c1N=C(C(=Nc1c(C)cccc1C)c1ccccc1)c1ccccc1. The molecule has 0 unspecified atom stereocenters. The van der Waals surface area contributed by atoms with E-state index in [-0.39, 0.29) is 0 Å². The van der Waals surface area contributed by atoms with Crippen LogP contribution in [0.3, 0.4) is 0 Å². The van der Waals surface area contributed by atoms with Gasteiger partial charge in [-0.3, -0.25) is 0 Å². The predicted octanol–water partition coefficient (Wildman–Crippen LogP) is 7.86. The van der Waals surface area contributed by atoms with E-state index < -0.39 is 0 Å². The maximum Gasteiger partial charge on any atom is 0.0972 e. The molecule has 0 amide bonds. The second-order valence-electron chi connectivity index (χ2n) is 8.13. The number of aliphatic imine (C=N–C) groups is 2. The topological polar surface area (TPSA) is 24.7 Å². The predicted molar refractivity (Wildman–Crippen MR) is 137 cm³/mol. The van der Waals surface area contributed by atoms with Gasteiger partial charge in [-0.2, -0.15) is 0 Å². The summed E-state index contributed by atoms with van der Waals surface area (Å²) < 4.78 is 0. The van der Waals surface area contributed by atoms with Gasteiger partial charge in [-0.25, -0.2) is 9.98 Å². The Bertz CT molecular complexity index is 1140. The summed E-state index contributed by atoms with van der Waals surface area (Å²) in [5.74, 6) is 0. The van der Waals surface area contributed by atoms with Gasteiger partial charge in [0.05, 0.1) is 22.8 Å². The molecule has 2 nitrogen and oxygen atoms in total. The molecule has 4 aromatic carbocycles. The van der Waals surface area contributed by atoms with Crippen molar-refractivity contribution < 1.29 is 0 Å². The van der Waals surface area contributed by atoms with E-state index in [0.717, 1.165) is 56.2 Å². The van der Waals surface area contributed by atoms with Crippen molar-refractivity contribution in [1.82, 2.24) is 0 Å². The lowest BCUT2D eigenvalue weighted by molar-refractivity contribution is 1.32. The minimum atomic E-state index is 0.872. The highest BCUT2D eigenvalue weighted by Gasteiger charge is 2.17. The first kappa shape index (κ1) is 21.5. The fourth-order valence-electron chi connectivity index (χ4n) is 3.89. The van der Waals surface area contributed by atoms with Crippen molar-refractivity contribution in [3.05, 3.63) is 130 Å². The van der Waals surface area contributed by atoms with Gasteiger partial charge in [0, 0.05) is 11.1 Å². The molecule has 0 spiro atoms. The highest BCUT2D eigenvalue weighted by atomic mass is 14.8.